The molecule has 0 atom stereocenters. The molecule has 6 heteroatoms. The van der Waals surface area contributed by atoms with Gasteiger partial charge in [0, 0.05) is 38.3 Å². The maximum absolute atomic E-state index is 12.5. The quantitative estimate of drug-likeness (QED) is 0.816. The van der Waals surface area contributed by atoms with Crippen molar-refractivity contribution in [1.29, 1.82) is 0 Å². The van der Waals surface area contributed by atoms with Gasteiger partial charge in [-0.3, -0.25) is 14.5 Å². The number of benzene rings is 2. The number of nitrogens with one attached hydrogen (secondary N) is 1. The van der Waals surface area contributed by atoms with Crippen molar-refractivity contribution in [2.45, 2.75) is 20.4 Å². The minimum absolute atomic E-state index is 0.0320. The molecule has 6 nitrogen and oxygen atoms in total. The number of aryl methyl sites for hydroxylation is 2. The normalized spacial score (nSPS) is 14.5. The van der Waals surface area contributed by atoms with Crippen LogP contribution in [0, 0.1) is 13.8 Å². The van der Waals surface area contributed by atoms with Crippen LogP contribution in [-0.2, 0) is 11.3 Å². The van der Waals surface area contributed by atoms with E-state index < -0.39 is 0 Å². The Morgan fingerprint density at radius 3 is 2.17 bits per heavy atom. The zero-order valence-corrected chi connectivity index (χ0v) is 17.4. The number of rotatable bonds is 6. The molecule has 1 aliphatic heterocycles. The molecule has 0 unspecified atom stereocenters. The second-order valence-corrected chi connectivity index (χ2v) is 7.56. The molecule has 2 aromatic rings. The largest absolute Gasteiger partial charge is 0.497 e. The number of carbonyl (C=O) groups excluding carboxylic acids is 2. The van der Waals surface area contributed by atoms with Gasteiger partial charge >= 0.3 is 0 Å². The third-order valence-electron chi connectivity index (χ3n) is 5.17. The van der Waals surface area contributed by atoms with Crippen LogP contribution < -0.4 is 10.1 Å². The monoisotopic (exact) mass is 395 g/mol. The summed E-state index contributed by atoms with van der Waals surface area (Å²) in [5.41, 5.74) is 3.90. The van der Waals surface area contributed by atoms with E-state index in [1.54, 1.807) is 7.11 Å². The number of ether oxygens (including phenoxy) is 1. The molecular formula is C23H29N3O3. The lowest BCUT2D eigenvalue weighted by atomic mass is 10.1. The van der Waals surface area contributed by atoms with Crippen LogP contribution >= 0.6 is 0 Å². The molecule has 1 aliphatic rings. The van der Waals surface area contributed by atoms with Crippen LogP contribution in [-0.4, -0.2) is 61.4 Å². The van der Waals surface area contributed by atoms with Crippen molar-refractivity contribution >= 4 is 11.8 Å². The lowest BCUT2D eigenvalue weighted by Gasteiger charge is -2.34. The Morgan fingerprint density at radius 1 is 0.966 bits per heavy atom. The molecule has 0 bridgehead atoms. The summed E-state index contributed by atoms with van der Waals surface area (Å²) in [5.74, 6) is 0.613. The van der Waals surface area contributed by atoms with Gasteiger partial charge in [0.1, 0.15) is 5.75 Å². The van der Waals surface area contributed by atoms with Gasteiger partial charge in [-0.25, -0.2) is 0 Å². The summed E-state index contributed by atoms with van der Waals surface area (Å²) in [6.07, 6.45) is 0. The maximum atomic E-state index is 12.5. The van der Waals surface area contributed by atoms with Crippen LogP contribution in [0.15, 0.2) is 42.5 Å². The fraction of sp³-hybridized carbons (Fsp3) is 0.391. The van der Waals surface area contributed by atoms with Crippen molar-refractivity contribution in [3.05, 3.63) is 64.7 Å². The Balaban J connectivity index is 1.44. The van der Waals surface area contributed by atoms with Crippen molar-refractivity contribution in [3.63, 3.8) is 0 Å². The average molecular weight is 396 g/mol. The molecule has 154 valence electrons. The van der Waals surface area contributed by atoms with Gasteiger partial charge < -0.3 is 15.0 Å². The Morgan fingerprint density at radius 2 is 1.59 bits per heavy atom. The molecule has 2 aromatic carbocycles. The van der Waals surface area contributed by atoms with E-state index in [2.05, 4.69) is 22.3 Å². The van der Waals surface area contributed by atoms with Crippen LogP contribution in [0.1, 0.15) is 27.0 Å². The van der Waals surface area contributed by atoms with E-state index in [1.165, 1.54) is 5.56 Å². The lowest BCUT2D eigenvalue weighted by Crippen LogP contribution is -2.50. The Kier molecular flexibility index (Phi) is 6.88. The third-order valence-corrected chi connectivity index (χ3v) is 5.17. The van der Waals surface area contributed by atoms with Crippen LogP contribution in [0.5, 0.6) is 5.75 Å². The van der Waals surface area contributed by atoms with E-state index in [0.717, 1.165) is 36.5 Å². The molecule has 0 aliphatic carbocycles. The third kappa shape index (κ3) is 5.81. The molecule has 0 aromatic heterocycles. The summed E-state index contributed by atoms with van der Waals surface area (Å²) >= 11 is 0. The fourth-order valence-electron chi connectivity index (χ4n) is 3.62. The summed E-state index contributed by atoms with van der Waals surface area (Å²) in [6.45, 7) is 7.80. The van der Waals surface area contributed by atoms with Crippen LogP contribution in [0.25, 0.3) is 0 Å². The highest BCUT2D eigenvalue weighted by Crippen LogP contribution is 2.14. The predicted octanol–water partition coefficient (Wildman–Crippen LogP) is 2.39. The number of hydrogen-bond donors (Lipinski definition) is 1. The first-order chi connectivity index (χ1) is 13.9. The summed E-state index contributed by atoms with van der Waals surface area (Å²) in [6, 6.07) is 13.8. The van der Waals surface area contributed by atoms with E-state index in [1.807, 2.05) is 49.1 Å². The van der Waals surface area contributed by atoms with E-state index in [0.29, 0.717) is 18.7 Å². The first kappa shape index (κ1) is 20.9. The van der Waals surface area contributed by atoms with Crippen LogP contribution in [0.2, 0.25) is 0 Å². The topological polar surface area (TPSA) is 61.9 Å². The fourth-order valence-corrected chi connectivity index (χ4v) is 3.62. The molecule has 1 saturated heterocycles. The highest BCUT2D eigenvalue weighted by atomic mass is 16.5. The van der Waals surface area contributed by atoms with Crippen molar-refractivity contribution in [1.82, 2.24) is 15.1 Å². The van der Waals surface area contributed by atoms with Crippen LogP contribution in [0.4, 0.5) is 0 Å². The van der Waals surface area contributed by atoms with Gasteiger partial charge in [0.15, 0.2) is 0 Å². The van der Waals surface area contributed by atoms with Crippen molar-refractivity contribution in [2.24, 2.45) is 0 Å². The summed E-state index contributed by atoms with van der Waals surface area (Å²) in [7, 11) is 1.66. The number of piperazine rings is 1. The Hall–Kier alpha value is -2.86. The Bertz CT molecular complexity index is 836. The molecule has 1 fully saturated rings. The summed E-state index contributed by atoms with van der Waals surface area (Å²) in [4.78, 5) is 29.0. The van der Waals surface area contributed by atoms with E-state index in [4.69, 9.17) is 4.74 Å². The first-order valence-corrected chi connectivity index (χ1v) is 9.94. The van der Waals surface area contributed by atoms with Crippen molar-refractivity contribution in [3.8, 4) is 5.75 Å². The SMILES string of the molecule is COc1ccc(CN2CCN(C(=O)CNC(=O)c3cc(C)cc(C)c3)CC2)cc1. The van der Waals surface area contributed by atoms with Crippen molar-refractivity contribution in [2.75, 3.05) is 39.8 Å². The number of carbonyl (C=O) groups is 2. The number of amides is 2. The number of methoxy groups -OCH3 is 1. The zero-order chi connectivity index (χ0) is 20.8. The van der Waals surface area contributed by atoms with Gasteiger partial charge in [-0.2, -0.15) is 0 Å². The van der Waals surface area contributed by atoms with E-state index >= 15 is 0 Å². The zero-order valence-electron chi connectivity index (χ0n) is 17.4. The molecule has 0 radical (unpaired) electrons. The van der Waals surface area contributed by atoms with Gasteiger partial charge in [-0.05, 0) is 43.7 Å². The minimum atomic E-state index is -0.205. The van der Waals surface area contributed by atoms with Gasteiger partial charge in [0.2, 0.25) is 5.91 Å². The van der Waals surface area contributed by atoms with Gasteiger partial charge in [0.05, 0.1) is 13.7 Å². The maximum Gasteiger partial charge on any atom is 0.251 e. The number of nitrogens with zero attached hydrogens (tertiary/aromatic N) is 2. The van der Waals surface area contributed by atoms with E-state index in [-0.39, 0.29) is 18.4 Å². The molecule has 1 heterocycles. The highest BCUT2D eigenvalue weighted by Gasteiger charge is 2.21. The molecule has 2 amide bonds. The molecule has 29 heavy (non-hydrogen) atoms. The van der Waals surface area contributed by atoms with Crippen molar-refractivity contribution < 1.29 is 14.3 Å². The minimum Gasteiger partial charge on any atom is -0.497 e. The molecule has 3 rings (SSSR count). The average Bonchev–Trinajstić information content (AvgIpc) is 2.72. The molecular weight excluding hydrogens is 366 g/mol. The van der Waals surface area contributed by atoms with Gasteiger partial charge in [-0.15, -0.1) is 0 Å². The van der Waals surface area contributed by atoms with Gasteiger partial charge in [-0.1, -0.05) is 29.3 Å². The lowest BCUT2D eigenvalue weighted by molar-refractivity contribution is -0.131. The smallest absolute Gasteiger partial charge is 0.251 e. The second-order valence-electron chi connectivity index (χ2n) is 7.56. The molecule has 1 N–H and O–H groups in total. The second kappa shape index (κ2) is 9.56. The Labute approximate surface area is 172 Å². The van der Waals surface area contributed by atoms with E-state index in [9.17, 15) is 9.59 Å². The summed E-state index contributed by atoms with van der Waals surface area (Å²) < 4.78 is 5.19. The van der Waals surface area contributed by atoms with Crippen LogP contribution in [0.3, 0.4) is 0 Å². The molecule has 0 spiro atoms. The highest BCUT2D eigenvalue weighted by molar-refractivity contribution is 5.96. The predicted molar refractivity (Wildman–Crippen MR) is 113 cm³/mol. The van der Waals surface area contributed by atoms with Gasteiger partial charge in [0.25, 0.3) is 5.91 Å². The standard InChI is InChI=1S/C23H29N3O3/c1-17-12-18(2)14-20(13-17)23(28)24-15-22(27)26-10-8-25(9-11-26)16-19-4-6-21(29-3)7-5-19/h4-7,12-14H,8-11,15-16H2,1-3H3,(H,24,28). The number of hydrogen-bond acceptors (Lipinski definition) is 4. The first-order valence-electron chi connectivity index (χ1n) is 9.94. The molecule has 0 saturated carbocycles. The summed E-state index contributed by atoms with van der Waals surface area (Å²) in [5, 5.41) is 2.76.